The molecule has 1 fully saturated rings. The molecule has 1 heterocycles. The Balaban J connectivity index is 1.87. The third kappa shape index (κ3) is 5.46. The standard InChI is InChI=1S/C23H30FN3O4S/c1-3-27(4-2)32(29,30)19-9-10-22(26-13-15-31-16-14-26)20(17-19)23(28)25-12-11-18-7-5-6-8-21(18)24/h5-10,17H,3-4,11-16H2,1-2H3,(H,25,28). The third-order valence-corrected chi connectivity index (χ3v) is 7.59. The number of sulfonamides is 1. The van der Waals surface area contributed by atoms with Crippen molar-refractivity contribution in [3.63, 3.8) is 0 Å². The molecule has 0 atom stereocenters. The molecule has 1 amide bonds. The van der Waals surface area contributed by atoms with Crippen molar-refractivity contribution >= 4 is 21.6 Å². The smallest absolute Gasteiger partial charge is 0.253 e. The number of ether oxygens (including phenoxy) is 1. The van der Waals surface area contributed by atoms with Crippen molar-refractivity contribution < 1.29 is 22.3 Å². The monoisotopic (exact) mass is 463 g/mol. The maximum atomic E-state index is 13.9. The summed E-state index contributed by atoms with van der Waals surface area (Å²) in [6, 6.07) is 11.1. The predicted octanol–water partition coefficient (Wildman–Crippen LogP) is 2.67. The molecule has 32 heavy (non-hydrogen) atoms. The molecule has 0 aliphatic carbocycles. The minimum atomic E-state index is -3.71. The van der Waals surface area contributed by atoms with Gasteiger partial charge in [-0.15, -0.1) is 0 Å². The van der Waals surface area contributed by atoms with Gasteiger partial charge in [-0.05, 0) is 36.2 Å². The van der Waals surface area contributed by atoms with E-state index < -0.39 is 10.0 Å². The third-order valence-electron chi connectivity index (χ3n) is 5.55. The highest BCUT2D eigenvalue weighted by molar-refractivity contribution is 7.89. The van der Waals surface area contributed by atoms with Gasteiger partial charge in [-0.2, -0.15) is 4.31 Å². The average molecular weight is 464 g/mol. The maximum Gasteiger partial charge on any atom is 0.253 e. The molecule has 9 heteroatoms. The van der Waals surface area contributed by atoms with Gasteiger partial charge in [0.1, 0.15) is 5.82 Å². The van der Waals surface area contributed by atoms with E-state index in [-0.39, 0.29) is 28.7 Å². The highest BCUT2D eigenvalue weighted by Crippen LogP contribution is 2.27. The zero-order valence-corrected chi connectivity index (χ0v) is 19.3. The van der Waals surface area contributed by atoms with Gasteiger partial charge in [0.2, 0.25) is 10.0 Å². The number of rotatable bonds is 9. The molecule has 0 bridgehead atoms. The number of hydrogen-bond donors (Lipinski definition) is 1. The Morgan fingerprint density at radius 2 is 1.81 bits per heavy atom. The molecule has 1 aliphatic rings. The largest absolute Gasteiger partial charge is 0.378 e. The number of hydrogen-bond acceptors (Lipinski definition) is 5. The van der Waals surface area contributed by atoms with Crippen LogP contribution < -0.4 is 10.2 Å². The Bertz CT molecular complexity index is 1040. The number of amides is 1. The van der Waals surface area contributed by atoms with Gasteiger partial charge in [-0.25, -0.2) is 12.8 Å². The summed E-state index contributed by atoms with van der Waals surface area (Å²) in [6.07, 6.45) is 0.336. The van der Waals surface area contributed by atoms with E-state index in [0.717, 1.165) is 0 Å². The summed E-state index contributed by atoms with van der Waals surface area (Å²) in [5.74, 6) is -0.706. The van der Waals surface area contributed by atoms with Gasteiger partial charge in [0.25, 0.3) is 5.91 Å². The minimum absolute atomic E-state index is 0.0810. The first-order chi connectivity index (χ1) is 15.4. The lowest BCUT2D eigenvalue weighted by atomic mass is 10.1. The molecule has 7 nitrogen and oxygen atoms in total. The first-order valence-corrected chi connectivity index (χ1v) is 12.3. The number of carbonyl (C=O) groups excluding carboxylic acids is 1. The van der Waals surface area contributed by atoms with Crippen LogP contribution in [0.4, 0.5) is 10.1 Å². The summed E-state index contributed by atoms with van der Waals surface area (Å²) in [6.45, 7) is 6.76. The van der Waals surface area contributed by atoms with E-state index >= 15 is 0 Å². The van der Waals surface area contributed by atoms with Crippen LogP contribution in [0.15, 0.2) is 47.4 Å². The van der Waals surface area contributed by atoms with Crippen LogP contribution in [-0.4, -0.2) is 64.6 Å². The molecule has 1 aliphatic heterocycles. The number of benzene rings is 2. The number of halogens is 1. The fraction of sp³-hybridized carbons (Fsp3) is 0.435. The van der Waals surface area contributed by atoms with Crippen molar-refractivity contribution in [1.29, 1.82) is 0 Å². The molecule has 0 unspecified atom stereocenters. The van der Waals surface area contributed by atoms with Crippen molar-refractivity contribution in [2.45, 2.75) is 25.2 Å². The topological polar surface area (TPSA) is 79.0 Å². The first-order valence-electron chi connectivity index (χ1n) is 10.9. The highest BCUT2D eigenvalue weighted by Gasteiger charge is 2.26. The molecule has 174 valence electrons. The fourth-order valence-corrected chi connectivity index (χ4v) is 5.24. The summed E-state index contributed by atoms with van der Waals surface area (Å²) in [4.78, 5) is 15.2. The van der Waals surface area contributed by atoms with Crippen LogP contribution in [0.5, 0.6) is 0 Å². The molecular weight excluding hydrogens is 433 g/mol. The fourth-order valence-electron chi connectivity index (χ4n) is 3.76. The summed E-state index contributed by atoms with van der Waals surface area (Å²) in [7, 11) is -3.71. The molecule has 1 N–H and O–H groups in total. The normalized spacial score (nSPS) is 14.6. The van der Waals surface area contributed by atoms with Crippen LogP contribution in [0.3, 0.4) is 0 Å². The molecule has 0 saturated carbocycles. The second kappa shape index (κ2) is 10.9. The minimum Gasteiger partial charge on any atom is -0.378 e. The number of morpholine rings is 1. The van der Waals surface area contributed by atoms with Crippen LogP contribution in [0.2, 0.25) is 0 Å². The lowest BCUT2D eigenvalue weighted by Gasteiger charge is -2.30. The summed E-state index contributed by atoms with van der Waals surface area (Å²) >= 11 is 0. The van der Waals surface area contributed by atoms with Gasteiger partial charge in [0, 0.05) is 38.4 Å². The summed E-state index contributed by atoms with van der Waals surface area (Å²) in [5.41, 5.74) is 1.46. The van der Waals surface area contributed by atoms with E-state index in [4.69, 9.17) is 4.74 Å². The Labute approximate surface area is 189 Å². The molecule has 0 aromatic heterocycles. The number of anilines is 1. The lowest BCUT2D eigenvalue weighted by molar-refractivity contribution is 0.0952. The number of nitrogens with zero attached hydrogens (tertiary/aromatic N) is 2. The van der Waals surface area contributed by atoms with Gasteiger partial charge in [-0.1, -0.05) is 32.0 Å². The summed E-state index contributed by atoms with van der Waals surface area (Å²) < 4.78 is 46.7. The average Bonchev–Trinajstić information content (AvgIpc) is 2.81. The molecule has 2 aromatic rings. The van der Waals surface area contributed by atoms with Gasteiger partial charge in [0.05, 0.1) is 23.7 Å². The number of nitrogens with one attached hydrogen (secondary N) is 1. The predicted molar refractivity (Wildman–Crippen MR) is 122 cm³/mol. The Morgan fingerprint density at radius 1 is 1.12 bits per heavy atom. The summed E-state index contributed by atoms with van der Waals surface area (Å²) in [5, 5.41) is 2.82. The van der Waals surface area contributed by atoms with Gasteiger partial charge >= 0.3 is 0 Å². The van der Waals surface area contributed by atoms with Gasteiger partial charge < -0.3 is 15.0 Å². The van der Waals surface area contributed by atoms with E-state index in [1.54, 1.807) is 44.2 Å². The quantitative estimate of drug-likeness (QED) is 0.619. The van der Waals surface area contributed by atoms with Crippen molar-refractivity contribution in [2.75, 3.05) is 50.8 Å². The van der Waals surface area contributed by atoms with Crippen molar-refractivity contribution in [3.8, 4) is 0 Å². The van der Waals surface area contributed by atoms with Crippen molar-refractivity contribution in [3.05, 3.63) is 59.4 Å². The molecule has 1 saturated heterocycles. The SMILES string of the molecule is CCN(CC)S(=O)(=O)c1ccc(N2CCOCC2)c(C(=O)NCCc2ccccc2F)c1. The van der Waals surface area contributed by atoms with E-state index in [1.807, 2.05) is 4.90 Å². The van der Waals surface area contributed by atoms with Crippen LogP contribution in [0.25, 0.3) is 0 Å². The van der Waals surface area contributed by atoms with E-state index in [0.29, 0.717) is 57.1 Å². The lowest BCUT2D eigenvalue weighted by Crippen LogP contribution is -2.38. The molecule has 2 aromatic carbocycles. The second-order valence-corrected chi connectivity index (χ2v) is 9.40. The molecule has 0 spiro atoms. The van der Waals surface area contributed by atoms with Gasteiger partial charge in [0.15, 0.2) is 0 Å². The zero-order valence-electron chi connectivity index (χ0n) is 18.5. The Morgan fingerprint density at radius 3 is 2.47 bits per heavy atom. The van der Waals surface area contributed by atoms with Crippen LogP contribution in [0, 0.1) is 5.82 Å². The van der Waals surface area contributed by atoms with Crippen LogP contribution >= 0.6 is 0 Å². The first kappa shape index (κ1) is 24.2. The van der Waals surface area contributed by atoms with E-state index in [2.05, 4.69) is 5.32 Å². The van der Waals surface area contributed by atoms with Crippen LogP contribution in [-0.2, 0) is 21.2 Å². The van der Waals surface area contributed by atoms with Gasteiger partial charge in [-0.3, -0.25) is 4.79 Å². The maximum absolute atomic E-state index is 13.9. The second-order valence-electron chi connectivity index (χ2n) is 7.47. The molecular formula is C23H30FN3O4S. The zero-order chi connectivity index (χ0) is 23.1. The molecule has 3 rings (SSSR count). The highest BCUT2D eigenvalue weighted by atomic mass is 32.2. The van der Waals surface area contributed by atoms with E-state index in [1.165, 1.54) is 16.4 Å². The Hall–Kier alpha value is -2.49. The Kier molecular flexibility index (Phi) is 8.22. The van der Waals surface area contributed by atoms with Crippen molar-refractivity contribution in [2.24, 2.45) is 0 Å². The molecule has 0 radical (unpaired) electrons. The van der Waals surface area contributed by atoms with Crippen LogP contribution in [0.1, 0.15) is 29.8 Å². The van der Waals surface area contributed by atoms with E-state index in [9.17, 15) is 17.6 Å². The number of carbonyl (C=O) groups is 1. The van der Waals surface area contributed by atoms with Crippen molar-refractivity contribution in [1.82, 2.24) is 9.62 Å².